The van der Waals surface area contributed by atoms with Gasteiger partial charge in [-0.05, 0) is 12.1 Å². The molecule has 0 bridgehead atoms. The Labute approximate surface area is 97.5 Å². The van der Waals surface area contributed by atoms with E-state index in [-0.39, 0.29) is 0 Å². The Balaban J connectivity index is 0.000000487. The van der Waals surface area contributed by atoms with Crippen LogP contribution in [0.3, 0.4) is 0 Å². The van der Waals surface area contributed by atoms with Crippen molar-refractivity contribution in [2.75, 3.05) is 14.1 Å². The van der Waals surface area contributed by atoms with E-state index in [1.54, 1.807) is 30.3 Å². The zero-order valence-corrected chi connectivity index (χ0v) is 10.5. The van der Waals surface area contributed by atoms with Crippen LogP contribution in [-0.4, -0.2) is 35.6 Å². The summed E-state index contributed by atoms with van der Waals surface area (Å²) in [5.74, 6) is 0. The molecule has 6 nitrogen and oxygen atoms in total. The first-order valence-corrected chi connectivity index (χ1v) is 6.67. The minimum atomic E-state index is -3.24. The summed E-state index contributed by atoms with van der Waals surface area (Å²) >= 11 is -2.36. The third-order valence-electron chi connectivity index (χ3n) is 1.52. The van der Waals surface area contributed by atoms with Gasteiger partial charge >= 0.3 is 0 Å². The molecule has 8 heteroatoms. The number of benzene rings is 1. The Bertz CT molecular complexity index is 427. The van der Waals surface area contributed by atoms with Gasteiger partial charge in [0.05, 0.1) is 4.90 Å². The number of hydrogen-bond donors (Lipinski definition) is 1. The molecule has 1 atom stereocenters. The zero-order valence-electron chi connectivity index (χ0n) is 8.86. The molecule has 16 heavy (non-hydrogen) atoms. The molecule has 0 spiro atoms. The van der Waals surface area contributed by atoms with E-state index in [1.165, 1.54) is 18.4 Å². The minimum absolute atomic E-state index is 0.329. The second-order valence-corrected chi connectivity index (χ2v) is 5.53. The Hall–Kier alpha value is -0.800. The van der Waals surface area contributed by atoms with Crippen LogP contribution in [0.15, 0.2) is 35.2 Å². The van der Waals surface area contributed by atoms with Gasteiger partial charge in [0.15, 0.2) is 0 Å². The summed E-state index contributed by atoms with van der Waals surface area (Å²) in [7, 11) is -0.211. The molecule has 1 aromatic rings. The fourth-order valence-corrected chi connectivity index (χ4v) is 1.73. The molecule has 0 aromatic heterocycles. The lowest BCUT2D eigenvalue weighted by Gasteiger charge is -2.10. The average molecular weight is 265 g/mol. The van der Waals surface area contributed by atoms with E-state index in [4.69, 9.17) is 8.76 Å². The fourth-order valence-electron chi connectivity index (χ4n) is 0.803. The monoisotopic (exact) mass is 265 g/mol. The maximum atomic E-state index is 11.5. The number of sulfonamides is 1. The highest BCUT2D eigenvalue weighted by atomic mass is 32.2. The second-order valence-electron chi connectivity index (χ2n) is 2.86. The van der Waals surface area contributed by atoms with Crippen molar-refractivity contribution >= 4 is 21.3 Å². The Morgan fingerprint density at radius 2 is 1.62 bits per heavy atom. The lowest BCUT2D eigenvalue weighted by atomic mass is 10.4. The summed E-state index contributed by atoms with van der Waals surface area (Å²) in [6, 6.07) is 8.35. The smallest absolute Gasteiger partial charge is 0.242 e. The lowest BCUT2D eigenvalue weighted by Crippen LogP contribution is -2.21. The van der Waals surface area contributed by atoms with E-state index >= 15 is 0 Å². The number of nitrogens with zero attached hydrogens (tertiary/aromatic N) is 1. The van der Waals surface area contributed by atoms with Crippen LogP contribution in [0.5, 0.6) is 0 Å². The summed E-state index contributed by atoms with van der Waals surface area (Å²) in [6.45, 7) is 0. The molecule has 0 fully saturated rings. The third-order valence-corrected chi connectivity index (χ3v) is 3.35. The molecule has 0 aliphatic heterocycles. The molecule has 0 heterocycles. The molecule has 0 radical (unpaired) electrons. The fraction of sp³-hybridized carbons (Fsp3) is 0.250. The Kier molecular flexibility index (Phi) is 6.38. The maximum Gasteiger partial charge on any atom is 0.242 e. The predicted octanol–water partition coefficient (Wildman–Crippen LogP) is -0.324. The number of hydrogen-bond acceptors (Lipinski definition) is 4. The highest BCUT2D eigenvalue weighted by Crippen LogP contribution is 2.10. The Morgan fingerprint density at radius 3 is 1.94 bits per heavy atom. The van der Waals surface area contributed by atoms with Gasteiger partial charge in [-0.1, -0.05) is 18.2 Å². The second kappa shape index (κ2) is 6.71. The van der Waals surface area contributed by atoms with Crippen molar-refractivity contribution in [1.82, 2.24) is 4.31 Å². The van der Waals surface area contributed by atoms with Gasteiger partial charge in [0.1, 0.15) is 0 Å². The van der Waals surface area contributed by atoms with Gasteiger partial charge in [-0.15, -0.1) is 0 Å². The van der Waals surface area contributed by atoms with Crippen molar-refractivity contribution in [3.05, 3.63) is 30.3 Å². The first-order valence-electron chi connectivity index (χ1n) is 4.09. The summed E-state index contributed by atoms with van der Waals surface area (Å²) in [5.41, 5.74) is 0. The van der Waals surface area contributed by atoms with Gasteiger partial charge in [-0.3, -0.25) is 9.35 Å². The summed E-state index contributed by atoms with van der Waals surface area (Å²) in [4.78, 5) is 0.329. The van der Waals surface area contributed by atoms with Gasteiger partial charge in [0, 0.05) is 25.4 Å². The van der Waals surface area contributed by atoms with Gasteiger partial charge in [0.2, 0.25) is 10.0 Å². The molecule has 92 valence electrons. The summed E-state index contributed by atoms with van der Waals surface area (Å²) in [5, 5.41) is 4.03. The molecule has 1 rings (SSSR count). The van der Waals surface area contributed by atoms with Gasteiger partial charge in [-0.25, -0.2) is 12.7 Å². The van der Waals surface area contributed by atoms with Crippen LogP contribution in [-0.2, 0) is 21.3 Å². The van der Waals surface area contributed by atoms with E-state index in [0.717, 1.165) is 0 Å². The van der Waals surface area contributed by atoms with Gasteiger partial charge in [0.25, 0.3) is 0 Å². The molecular formula is C8H13N2O4S2-. The van der Waals surface area contributed by atoms with Crippen molar-refractivity contribution in [3.8, 4) is 0 Å². The number of nitrogens with two attached hydrogens (primary N) is 1. The molecule has 0 saturated carbocycles. The number of rotatable bonds is 2. The van der Waals surface area contributed by atoms with Crippen LogP contribution in [0.4, 0.5) is 0 Å². The summed E-state index contributed by atoms with van der Waals surface area (Å²) < 4.78 is 41.7. The topological polar surface area (TPSA) is 104 Å². The highest BCUT2D eigenvalue weighted by molar-refractivity contribution is 7.89. The third kappa shape index (κ3) is 5.33. The average Bonchev–Trinajstić information content (AvgIpc) is 2.18. The first-order chi connectivity index (χ1) is 7.28. The Morgan fingerprint density at radius 1 is 1.25 bits per heavy atom. The normalized spacial score (nSPS) is 12.8. The molecule has 0 amide bonds. The molecule has 0 saturated heterocycles. The van der Waals surface area contributed by atoms with Crippen LogP contribution >= 0.6 is 0 Å². The first kappa shape index (κ1) is 15.2. The van der Waals surface area contributed by atoms with Crippen LogP contribution in [0.1, 0.15) is 0 Å². The largest absolute Gasteiger partial charge is 0.760 e. The van der Waals surface area contributed by atoms with Crippen LogP contribution in [0.2, 0.25) is 0 Å². The van der Waals surface area contributed by atoms with E-state index in [0.29, 0.717) is 4.90 Å². The van der Waals surface area contributed by atoms with Crippen molar-refractivity contribution in [2.24, 2.45) is 5.14 Å². The van der Waals surface area contributed by atoms with Crippen LogP contribution in [0, 0.1) is 0 Å². The highest BCUT2D eigenvalue weighted by Gasteiger charge is 2.15. The standard InChI is InChI=1S/C8H11NO2S.H3NO2S/c1-9(2)12(10,11)8-6-4-3-5-7-8;1-4(2)3/h3-7H,1-2H3;1H2,(H,2,3)/p-1. The van der Waals surface area contributed by atoms with E-state index in [2.05, 4.69) is 5.14 Å². The molecule has 1 aromatic carbocycles. The predicted molar refractivity (Wildman–Crippen MR) is 60.4 cm³/mol. The van der Waals surface area contributed by atoms with Gasteiger partial charge < -0.3 is 4.55 Å². The molecule has 0 aliphatic rings. The minimum Gasteiger partial charge on any atom is -0.760 e. The summed E-state index contributed by atoms with van der Waals surface area (Å²) in [6.07, 6.45) is 0. The van der Waals surface area contributed by atoms with E-state index in [9.17, 15) is 8.42 Å². The van der Waals surface area contributed by atoms with Crippen molar-refractivity contribution in [2.45, 2.75) is 4.90 Å². The maximum absolute atomic E-state index is 11.5. The zero-order chi connectivity index (χ0) is 12.8. The van der Waals surface area contributed by atoms with Crippen molar-refractivity contribution < 1.29 is 17.2 Å². The van der Waals surface area contributed by atoms with Crippen molar-refractivity contribution in [1.29, 1.82) is 0 Å². The lowest BCUT2D eigenvalue weighted by molar-refractivity contribution is 0.520. The van der Waals surface area contributed by atoms with E-state index < -0.39 is 21.3 Å². The van der Waals surface area contributed by atoms with Gasteiger partial charge in [-0.2, -0.15) is 0 Å². The van der Waals surface area contributed by atoms with Crippen molar-refractivity contribution in [3.63, 3.8) is 0 Å². The quantitative estimate of drug-likeness (QED) is 0.740. The molecule has 2 N–H and O–H groups in total. The van der Waals surface area contributed by atoms with Crippen LogP contribution in [0.25, 0.3) is 0 Å². The molecular weight excluding hydrogens is 252 g/mol. The SMILES string of the molecule is CN(C)S(=O)(=O)c1ccccc1.NS(=O)[O-]. The van der Waals surface area contributed by atoms with Crippen LogP contribution < -0.4 is 5.14 Å². The molecule has 1 unspecified atom stereocenters. The van der Waals surface area contributed by atoms with E-state index in [1.807, 2.05) is 0 Å². The molecule has 0 aliphatic carbocycles.